The van der Waals surface area contributed by atoms with Gasteiger partial charge in [0, 0.05) is 22.2 Å². The number of hydrogen-bond acceptors (Lipinski definition) is 5. The lowest BCUT2D eigenvalue weighted by Crippen LogP contribution is -2.71. The summed E-state index contributed by atoms with van der Waals surface area (Å²) in [6, 6.07) is 10.1. The average Bonchev–Trinajstić information content (AvgIpc) is 3.32. The summed E-state index contributed by atoms with van der Waals surface area (Å²) in [4.78, 5) is 14.2. The molecule has 3 fully saturated rings. The van der Waals surface area contributed by atoms with Gasteiger partial charge in [0.2, 0.25) is 0 Å². The predicted octanol–water partition coefficient (Wildman–Crippen LogP) is 7.24. The largest absolute Gasteiger partial charge is 0.460 e. The molecule has 7 atom stereocenters. The van der Waals surface area contributed by atoms with Gasteiger partial charge in [-0.25, -0.2) is 0 Å². The fourth-order valence-electron chi connectivity index (χ4n) is 11.6. The van der Waals surface area contributed by atoms with Gasteiger partial charge in [-0.1, -0.05) is 78.0 Å². The Balaban J connectivity index is 1.27. The Labute approximate surface area is 257 Å². The summed E-state index contributed by atoms with van der Waals surface area (Å²) < 4.78 is 6.16. The zero-order valence-electron chi connectivity index (χ0n) is 27.2. The zero-order chi connectivity index (χ0) is 30.6. The molecule has 6 heteroatoms. The molecule has 2 aromatic rings. The summed E-state index contributed by atoms with van der Waals surface area (Å²) in [5.41, 5.74) is 18.4. The van der Waals surface area contributed by atoms with Gasteiger partial charge in [0.15, 0.2) is 0 Å². The van der Waals surface area contributed by atoms with E-state index in [2.05, 4.69) is 57.8 Å². The van der Waals surface area contributed by atoms with Crippen molar-refractivity contribution in [2.24, 2.45) is 45.1 Å². The maximum Gasteiger partial charge on any atom is 0.313 e. The monoisotopic (exact) mass is 584 g/mol. The number of ether oxygens (including phenoxy) is 1. The normalized spacial score (nSPS) is 40.5. The second kappa shape index (κ2) is 9.22. The van der Waals surface area contributed by atoms with Crippen LogP contribution in [0.2, 0.25) is 0 Å². The van der Waals surface area contributed by atoms with E-state index in [1.54, 1.807) is 0 Å². The van der Waals surface area contributed by atoms with Crippen molar-refractivity contribution < 1.29 is 9.53 Å². The molecule has 1 aromatic heterocycles. The van der Waals surface area contributed by atoms with Gasteiger partial charge in [-0.15, -0.1) is 0 Å². The van der Waals surface area contributed by atoms with Gasteiger partial charge >= 0.3 is 5.97 Å². The molecule has 0 bridgehead atoms. The first-order valence-electron chi connectivity index (χ1n) is 16.7. The topological polar surface area (TPSA) is 107 Å². The summed E-state index contributed by atoms with van der Waals surface area (Å²) in [7, 11) is 0. The molecule has 5 aliphatic rings. The van der Waals surface area contributed by atoms with Gasteiger partial charge in [-0.3, -0.25) is 9.89 Å². The Morgan fingerprint density at radius 3 is 2.47 bits per heavy atom. The summed E-state index contributed by atoms with van der Waals surface area (Å²) >= 11 is 0. The number of esters is 1. The first-order valence-corrected chi connectivity index (χ1v) is 16.7. The first kappa shape index (κ1) is 29.1. The van der Waals surface area contributed by atoms with E-state index < -0.39 is 11.0 Å². The fraction of sp³-hybridized carbons (Fsp3) is 0.676. The van der Waals surface area contributed by atoms with Gasteiger partial charge in [-0.2, -0.15) is 5.10 Å². The Bertz CT molecular complexity index is 1470. The maximum absolute atomic E-state index is 14.2. The number of carbonyl (C=O) groups is 1. The van der Waals surface area contributed by atoms with Crippen molar-refractivity contribution in [2.75, 3.05) is 5.73 Å². The van der Waals surface area contributed by atoms with Gasteiger partial charge < -0.3 is 16.2 Å². The van der Waals surface area contributed by atoms with Crippen molar-refractivity contribution in [3.8, 4) is 0 Å². The second-order valence-corrected chi connectivity index (χ2v) is 16.9. The molecule has 6 nitrogen and oxygen atoms in total. The van der Waals surface area contributed by atoms with Crippen molar-refractivity contribution in [3.05, 3.63) is 58.8 Å². The molecule has 0 saturated heterocycles. The minimum absolute atomic E-state index is 0.0141. The highest BCUT2D eigenvalue weighted by molar-refractivity contribution is 5.79. The summed E-state index contributed by atoms with van der Waals surface area (Å²) in [5.74, 6) is 1.72. The van der Waals surface area contributed by atoms with Crippen LogP contribution in [0, 0.1) is 39.4 Å². The van der Waals surface area contributed by atoms with Crippen LogP contribution in [-0.4, -0.2) is 21.7 Å². The average molecular weight is 585 g/mol. The molecular weight excluding hydrogens is 532 g/mol. The van der Waals surface area contributed by atoms with Crippen LogP contribution in [0.5, 0.6) is 0 Å². The van der Waals surface area contributed by atoms with Gasteiger partial charge in [0.05, 0.1) is 5.41 Å². The number of anilines is 1. The number of nitrogens with one attached hydrogen (secondary N) is 1. The molecule has 3 saturated carbocycles. The first-order chi connectivity index (χ1) is 20.2. The molecule has 5 N–H and O–H groups in total. The number of fused-ring (bicyclic) bond motifs is 8. The van der Waals surface area contributed by atoms with Gasteiger partial charge in [0.1, 0.15) is 12.4 Å². The maximum atomic E-state index is 14.2. The highest BCUT2D eigenvalue weighted by Crippen LogP contribution is 2.72. The molecule has 7 rings (SSSR count). The molecule has 1 aromatic carbocycles. The van der Waals surface area contributed by atoms with E-state index in [0.717, 1.165) is 63.4 Å². The predicted molar refractivity (Wildman–Crippen MR) is 171 cm³/mol. The van der Waals surface area contributed by atoms with Crippen LogP contribution < -0.4 is 11.5 Å². The van der Waals surface area contributed by atoms with Crippen molar-refractivity contribution >= 4 is 11.8 Å². The highest BCUT2D eigenvalue weighted by Gasteiger charge is 2.70. The summed E-state index contributed by atoms with van der Waals surface area (Å²) in [6.07, 6.45) is 11.3. The lowest BCUT2D eigenvalue weighted by Gasteiger charge is -2.70. The standard InChI is InChI=1S/C37H52N4O2/c1-32(2)16-17-36(31(42)43-22-23-10-8-7-9-11-23)18-19-37(39)25(26(36)21-32)12-13-28-34(5)20-24-29(40-41-30(24)38)33(3,4)27(34)14-15-35(28,37)6/h7-12,26-28H,13-22,39H2,1-6H3,(H3,38,40,41)/t26?,27?,28?,34-,35+,36-,37-/m0/s1. The zero-order valence-corrected chi connectivity index (χ0v) is 27.2. The fourth-order valence-corrected chi connectivity index (χ4v) is 11.6. The van der Waals surface area contributed by atoms with Crippen LogP contribution in [0.3, 0.4) is 0 Å². The van der Waals surface area contributed by atoms with Crippen LogP contribution in [0.15, 0.2) is 42.0 Å². The van der Waals surface area contributed by atoms with Crippen molar-refractivity contribution in [2.45, 2.75) is 117 Å². The van der Waals surface area contributed by atoms with Crippen LogP contribution in [0.1, 0.15) is 110 Å². The summed E-state index contributed by atoms with van der Waals surface area (Å²) in [5, 5.41) is 7.79. The van der Waals surface area contributed by atoms with E-state index in [9.17, 15) is 4.79 Å². The Hall–Kier alpha value is -2.60. The SMILES string of the molecule is CC1(C)CC[C@]2(C(=O)OCc3ccccc3)CC[C@]3(N)C(=CCC4[C@@]5(C)Cc6c(N)n[nH]c6C(C)(C)C5CC[C@]43C)C2C1. The number of carbonyl (C=O) groups excluding carboxylic acids is 1. The number of rotatable bonds is 3. The van der Waals surface area contributed by atoms with Crippen molar-refractivity contribution in [1.29, 1.82) is 0 Å². The Kier molecular flexibility index (Phi) is 6.24. The number of aromatic nitrogens is 2. The number of hydrogen-bond donors (Lipinski definition) is 3. The van der Waals surface area contributed by atoms with E-state index in [-0.39, 0.29) is 33.5 Å². The van der Waals surface area contributed by atoms with E-state index in [1.165, 1.54) is 16.8 Å². The number of nitrogens with zero attached hydrogens (tertiary/aromatic N) is 1. The van der Waals surface area contributed by atoms with Gasteiger partial charge in [0.25, 0.3) is 0 Å². The van der Waals surface area contributed by atoms with E-state index in [1.807, 2.05) is 30.3 Å². The van der Waals surface area contributed by atoms with Crippen molar-refractivity contribution in [3.63, 3.8) is 0 Å². The minimum Gasteiger partial charge on any atom is -0.460 e. The molecule has 0 aliphatic heterocycles. The molecular formula is C37H52N4O2. The summed E-state index contributed by atoms with van der Waals surface area (Å²) in [6.45, 7) is 14.9. The van der Waals surface area contributed by atoms with E-state index >= 15 is 0 Å². The number of H-pyrrole nitrogens is 1. The van der Waals surface area contributed by atoms with Crippen LogP contribution in [0.25, 0.3) is 0 Å². The quantitative estimate of drug-likeness (QED) is 0.260. The third-order valence-corrected chi connectivity index (χ3v) is 14.0. The number of aromatic amines is 1. The smallest absolute Gasteiger partial charge is 0.313 e. The molecule has 43 heavy (non-hydrogen) atoms. The van der Waals surface area contributed by atoms with Gasteiger partial charge in [-0.05, 0) is 103 Å². The lowest BCUT2D eigenvalue weighted by atomic mass is 9.35. The molecule has 0 radical (unpaired) electrons. The Morgan fingerprint density at radius 2 is 1.72 bits per heavy atom. The van der Waals surface area contributed by atoms with Crippen LogP contribution >= 0.6 is 0 Å². The lowest BCUT2D eigenvalue weighted by molar-refractivity contribution is -0.174. The molecule has 0 amide bonds. The number of allylic oxidation sites excluding steroid dienone is 1. The second-order valence-electron chi connectivity index (χ2n) is 16.9. The molecule has 5 aliphatic carbocycles. The third-order valence-electron chi connectivity index (χ3n) is 14.0. The Morgan fingerprint density at radius 1 is 1.00 bits per heavy atom. The molecule has 0 spiro atoms. The van der Waals surface area contributed by atoms with E-state index in [0.29, 0.717) is 24.3 Å². The number of nitrogens with two attached hydrogens (primary N) is 2. The van der Waals surface area contributed by atoms with Crippen LogP contribution in [0.4, 0.5) is 5.82 Å². The molecule has 3 unspecified atom stereocenters. The highest BCUT2D eigenvalue weighted by atomic mass is 16.5. The third kappa shape index (κ3) is 3.87. The van der Waals surface area contributed by atoms with E-state index in [4.69, 9.17) is 16.2 Å². The number of nitrogen functional groups attached to an aromatic ring is 1. The molecule has 1 heterocycles. The van der Waals surface area contributed by atoms with Crippen LogP contribution in [-0.2, 0) is 28.0 Å². The minimum atomic E-state index is -0.490. The number of benzene rings is 1. The van der Waals surface area contributed by atoms with Crippen molar-refractivity contribution in [1.82, 2.24) is 10.2 Å². The molecule has 232 valence electrons.